The molecule has 1 aromatic rings. The van der Waals surface area contributed by atoms with Crippen LogP contribution in [0.3, 0.4) is 0 Å². The van der Waals surface area contributed by atoms with Crippen molar-refractivity contribution in [3.05, 3.63) is 28.8 Å². The number of rotatable bonds is 4. The Morgan fingerprint density at radius 2 is 2.12 bits per heavy atom. The summed E-state index contributed by atoms with van der Waals surface area (Å²) in [6, 6.07) is 1.59. The quantitative estimate of drug-likeness (QED) is 0.859. The van der Waals surface area contributed by atoms with E-state index in [0.29, 0.717) is 19.0 Å². The van der Waals surface area contributed by atoms with Crippen LogP contribution in [0.5, 0.6) is 0 Å². The number of halogens is 3. The number of carbonyl (C=O) groups excluding carboxylic acids is 1. The van der Waals surface area contributed by atoms with Crippen LogP contribution in [0, 0.1) is 11.6 Å². The van der Waals surface area contributed by atoms with Crippen LogP contribution in [0.15, 0.2) is 12.1 Å². The summed E-state index contributed by atoms with van der Waals surface area (Å²) in [5.74, 6) is -2.09. The van der Waals surface area contributed by atoms with Crippen LogP contribution in [0.4, 0.5) is 14.5 Å². The van der Waals surface area contributed by atoms with Crippen molar-refractivity contribution in [2.24, 2.45) is 5.73 Å². The maximum atomic E-state index is 13.2. The molecule has 0 unspecified atom stereocenters. The van der Waals surface area contributed by atoms with Crippen molar-refractivity contribution in [2.45, 2.75) is 12.8 Å². The van der Waals surface area contributed by atoms with Gasteiger partial charge in [0.15, 0.2) is 5.82 Å². The van der Waals surface area contributed by atoms with Crippen LogP contribution in [-0.4, -0.2) is 12.5 Å². The van der Waals surface area contributed by atoms with E-state index < -0.39 is 17.5 Å². The molecular weight excluding hydrogens is 238 g/mol. The van der Waals surface area contributed by atoms with Crippen molar-refractivity contribution in [1.82, 2.24) is 0 Å². The van der Waals surface area contributed by atoms with Crippen LogP contribution in [0.2, 0.25) is 5.02 Å². The minimum absolute atomic E-state index is 0.168. The summed E-state index contributed by atoms with van der Waals surface area (Å²) in [7, 11) is 0. The van der Waals surface area contributed by atoms with Gasteiger partial charge < -0.3 is 11.1 Å². The summed E-state index contributed by atoms with van der Waals surface area (Å²) in [4.78, 5) is 11.3. The summed E-state index contributed by atoms with van der Waals surface area (Å²) >= 11 is 5.59. The number of carbonyl (C=O) groups is 1. The fourth-order valence-corrected chi connectivity index (χ4v) is 1.37. The normalized spacial score (nSPS) is 10.2. The van der Waals surface area contributed by atoms with Gasteiger partial charge in [0.1, 0.15) is 5.82 Å². The van der Waals surface area contributed by atoms with Gasteiger partial charge in [-0.1, -0.05) is 11.6 Å². The maximum absolute atomic E-state index is 13.2. The third-order valence-electron chi connectivity index (χ3n) is 1.88. The Bertz CT molecular complexity index is 375. The van der Waals surface area contributed by atoms with E-state index in [1.807, 2.05) is 0 Å². The minimum atomic E-state index is -0.897. The van der Waals surface area contributed by atoms with Gasteiger partial charge in [-0.2, -0.15) is 0 Å². The molecule has 0 aliphatic carbocycles. The molecule has 0 aromatic heterocycles. The first-order chi connectivity index (χ1) is 7.54. The lowest BCUT2D eigenvalue weighted by molar-refractivity contribution is -0.116. The molecule has 1 rings (SSSR count). The second-order valence-corrected chi connectivity index (χ2v) is 3.59. The Morgan fingerprint density at radius 3 is 2.69 bits per heavy atom. The molecule has 0 aliphatic heterocycles. The third-order valence-corrected chi connectivity index (χ3v) is 2.18. The van der Waals surface area contributed by atoms with Crippen molar-refractivity contribution in [3.63, 3.8) is 0 Å². The second kappa shape index (κ2) is 5.77. The van der Waals surface area contributed by atoms with Crippen LogP contribution in [0.25, 0.3) is 0 Å². The van der Waals surface area contributed by atoms with Crippen LogP contribution in [-0.2, 0) is 4.79 Å². The van der Waals surface area contributed by atoms with Gasteiger partial charge in [-0.15, -0.1) is 0 Å². The van der Waals surface area contributed by atoms with Gasteiger partial charge in [0.2, 0.25) is 5.91 Å². The van der Waals surface area contributed by atoms with E-state index in [1.54, 1.807) is 0 Å². The molecule has 0 radical (unpaired) electrons. The molecule has 16 heavy (non-hydrogen) atoms. The molecule has 0 saturated heterocycles. The zero-order valence-electron chi connectivity index (χ0n) is 8.40. The smallest absolute Gasteiger partial charge is 0.224 e. The topological polar surface area (TPSA) is 55.1 Å². The zero-order chi connectivity index (χ0) is 12.1. The lowest BCUT2D eigenvalue weighted by Gasteiger charge is -2.08. The highest BCUT2D eigenvalue weighted by molar-refractivity contribution is 6.33. The van der Waals surface area contributed by atoms with Gasteiger partial charge in [-0.25, -0.2) is 8.78 Å². The fourth-order valence-electron chi connectivity index (χ4n) is 1.13. The van der Waals surface area contributed by atoms with Gasteiger partial charge >= 0.3 is 0 Å². The average molecular weight is 249 g/mol. The summed E-state index contributed by atoms with van der Waals surface area (Å²) in [5, 5.41) is 2.10. The van der Waals surface area contributed by atoms with Gasteiger partial charge in [-0.3, -0.25) is 4.79 Å². The van der Waals surface area contributed by atoms with Crippen molar-refractivity contribution in [1.29, 1.82) is 0 Å². The van der Waals surface area contributed by atoms with E-state index in [1.165, 1.54) is 0 Å². The second-order valence-electron chi connectivity index (χ2n) is 3.18. The Hall–Kier alpha value is -1.20. The van der Waals surface area contributed by atoms with Crippen molar-refractivity contribution < 1.29 is 13.6 Å². The molecule has 0 bridgehead atoms. The molecule has 1 amide bonds. The number of anilines is 1. The number of nitrogens with two attached hydrogens (primary N) is 1. The van der Waals surface area contributed by atoms with E-state index in [2.05, 4.69) is 5.32 Å². The Balaban J connectivity index is 2.77. The predicted octanol–water partition coefficient (Wildman–Crippen LogP) is 2.30. The van der Waals surface area contributed by atoms with E-state index in [9.17, 15) is 13.6 Å². The molecule has 1 aromatic carbocycles. The van der Waals surface area contributed by atoms with E-state index >= 15 is 0 Å². The molecule has 0 fully saturated rings. The van der Waals surface area contributed by atoms with E-state index in [-0.39, 0.29) is 17.1 Å². The van der Waals surface area contributed by atoms with Crippen LogP contribution >= 0.6 is 11.6 Å². The monoisotopic (exact) mass is 248 g/mol. The molecule has 0 atom stereocenters. The first kappa shape index (κ1) is 12.9. The molecule has 3 N–H and O–H groups in total. The Labute approximate surface area is 96.6 Å². The lowest BCUT2D eigenvalue weighted by Crippen LogP contribution is -2.14. The zero-order valence-corrected chi connectivity index (χ0v) is 9.15. The van der Waals surface area contributed by atoms with E-state index in [0.717, 1.165) is 6.07 Å². The fraction of sp³-hybridized carbons (Fsp3) is 0.300. The number of amides is 1. The maximum Gasteiger partial charge on any atom is 0.224 e. The van der Waals surface area contributed by atoms with Crippen LogP contribution < -0.4 is 11.1 Å². The molecule has 0 saturated carbocycles. The molecule has 0 spiro atoms. The summed E-state index contributed by atoms with van der Waals surface area (Å²) in [5.41, 5.74) is 5.02. The molecular formula is C10H11ClF2N2O. The number of hydrogen-bond donors (Lipinski definition) is 2. The predicted molar refractivity (Wildman–Crippen MR) is 58.3 cm³/mol. The highest BCUT2D eigenvalue weighted by Gasteiger charge is 2.12. The Kier molecular flexibility index (Phi) is 4.64. The van der Waals surface area contributed by atoms with Gasteiger partial charge in [0, 0.05) is 12.5 Å². The van der Waals surface area contributed by atoms with Gasteiger partial charge in [0.25, 0.3) is 0 Å². The Morgan fingerprint density at radius 1 is 1.44 bits per heavy atom. The van der Waals surface area contributed by atoms with Gasteiger partial charge in [0.05, 0.1) is 10.7 Å². The number of benzene rings is 1. The molecule has 88 valence electrons. The summed E-state index contributed by atoms with van der Waals surface area (Å²) in [6.45, 7) is 0.368. The number of hydrogen-bond acceptors (Lipinski definition) is 2. The third kappa shape index (κ3) is 3.43. The first-order valence-electron chi connectivity index (χ1n) is 4.69. The van der Waals surface area contributed by atoms with E-state index in [4.69, 9.17) is 17.3 Å². The lowest BCUT2D eigenvalue weighted by atomic mass is 10.2. The van der Waals surface area contributed by atoms with Crippen LogP contribution in [0.1, 0.15) is 12.8 Å². The summed E-state index contributed by atoms with van der Waals surface area (Å²) < 4.78 is 25.9. The highest BCUT2D eigenvalue weighted by atomic mass is 35.5. The van der Waals surface area contributed by atoms with Crippen molar-refractivity contribution in [3.8, 4) is 0 Å². The number of nitrogens with one attached hydrogen (secondary N) is 1. The molecule has 0 heterocycles. The molecule has 0 aliphatic rings. The average Bonchev–Trinajstić information content (AvgIpc) is 2.20. The standard InChI is InChI=1S/C10H11ClF2N2O/c11-7-4-6(12)5-8(13)10(7)15-9(16)2-1-3-14/h4-5H,1-3,14H2,(H,15,16). The van der Waals surface area contributed by atoms with Crippen molar-refractivity contribution >= 4 is 23.2 Å². The summed E-state index contributed by atoms with van der Waals surface area (Å²) in [6.07, 6.45) is 0.663. The first-order valence-corrected chi connectivity index (χ1v) is 5.07. The van der Waals surface area contributed by atoms with Gasteiger partial charge in [-0.05, 0) is 19.0 Å². The molecule has 3 nitrogen and oxygen atoms in total. The SMILES string of the molecule is NCCCC(=O)Nc1c(F)cc(F)cc1Cl. The van der Waals surface area contributed by atoms with Crippen molar-refractivity contribution in [2.75, 3.05) is 11.9 Å². The minimum Gasteiger partial charge on any atom is -0.330 e. The largest absolute Gasteiger partial charge is 0.330 e. The molecule has 6 heteroatoms. The highest BCUT2D eigenvalue weighted by Crippen LogP contribution is 2.26.